The first-order chi connectivity index (χ1) is 9.20. The second kappa shape index (κ2) is 6.85. The van der Waals surface area contributed by atoms with E-state index >= 15 is 0 Å². The molecule has 1 fully saturated rings. The molecule has 2 rings (SSSR count). The Hall–Kier alpha value is -1.16. The van der Waals surface area contributed by atoms with Crippen molar-refractivity contribution in [1.29, 1.82) is 0 Å². The Morgan fingerprint density at radius 1 is 1.37 bits per heavy atom. The van der Waals surface area contributed by atoms with E-state index in [0.717, 1.165) is 31.1 Å². The Balaban J connectivity index is 2.05. The Morgan fingerprint density at radius 3 is 2.84 bits per heavy atom. The van der Waals surface area contributed by atoms with Gasteiger partial charge in [0.2, 0.25) is 0 Å². The standard InChI is InChI=1S/C15H26N4/c1-4-19(10-13-7-5-6-8-16-13)15-9-14(12(2)3)17-11-18-15/h9,11-13,16H,4-8,10H2,1-3H3. The van der Waals surface area contributed by atoms with Gasteiger partial charge >= 0.3 is 0 Å². The van der Waals surface area contributed by atoms with Crippen molar-refractivity contribution < 1.29 is 0 Å². The normalized spacial score (nSPS) is 19.7. The minimum atomic E-state index is 0.452. The van der Waals surface area contributed by atoms with E-state index < -0.39 is 0 Å². The van der Waals surface area contributed by atoms with Gasteiger partial charge in [-0.1, -0.05) is 20.3 Å². The molecule has 0 spiro atoms. The minimum Gasteiger partial charge on any atom is -0.355 e. The molecule has 4 nitrogen and oxygen atoms in total. The van der Waals surface area contributed by atoms with Crippen LogP contribution >= 0.6 is 0 Å². The number of hydrogen-bond acceptors (Lipinski definition) is 4. The molecule has 4 heteroatoms. The highest BCUT2D eigenvalue weighted by molar-refractivity contribution is 5.39. The molecule has 0 radical (unpaired) electrons. The van der Waals surface area contributed by atoms with Crippen molar-refractivity contribution in [3.05, 3.63) is 18.1 Å². The highest BCUT2D eigenvalue weighted by atomic mass is 15.2. The summed E-state index contributed by atoms with van der Waals surface area (Å²) in [6.45, 7) is 9.73. The fourth-order valence-corrected chi connectivity index (χ4v) is 2.58. The molecule has 0 amide bonds. The van der Waals surface area contributed by atoms with Gasteiger partial charge in [0, 0.05) is 30.9 Å². The Morgan fingerprint density at radius 2 is 2.21 bits per heavy atom. The molecule has 0 saturated carbocycles. The third kappa shape index (κ3) is 3.90. The second-order valence-corrected chi connectivity index (χ2v) is 5.64. The second-order valence-electron chi connectivity index (χ2n) is 5.64. The van der Waals surface area contributed by atoms with Crippen molar-refractivity contribution >= 4 is 5.82 Å². The van der Waals surface area contributed by atoms with Gasteiger partial charge in [-0.3, -0.25) is 0 Å². The highest BCUT2D eigenvalue weighted by Crippen LogP contribution is 2.18. The van der Waals surface area contributed by atoms with E-state index in [1.165, 1.54) is 19.3 Å². The van der Waals surface area contributed by atoms with Gasteiger partial charge in [0.05, 0.1) is 0 Å². The number of likely N-dealkylation sites (N-methyl/N-ethyl adjacent to an activating group) is 1. The van der Waals surface area contributed by atoms with Gasteiger partial charge in [0.25, 0.3) is 0 Å². The average molecular weight is 262 g/mol. The molecule has 19 heavy (non-hydrogen) atoms. The van der Waals surface area contributed by atoms with Crippen molar-refractivity contribution in [2.45, 2.75) is 52.0 Å². The zero-order valence-electron chi connectivity index (χ0n) is 12.4. The number of anilines is 1. The number of nitrogens with zero attached hydrogens (tertiary/aromatic N) is 3. The van der Waals surface area contributed by atoms with Crippen molar-refractivity contribution in [3.8, 4) is 0 Å². The van der Waals surface area contributed by atoms with Crippen LogP contribution in [0.2, 0.25) is 0 Å². The maximum Gasteiger partial charge on any atom is 0.132 e. The summed E-state index contributed by atoms with van der Waals surface area (Å²) >= 11 is 0. The molecule has 1 unspecified atom stereocenters. The first kappa shape index (κ1) is 14.3. The smallest absolute Gasteiger partial charge is 0.132 e. The summed E-state index contributed by atoms with van der Waals surface area (Å²) in [5.74, 6) is 1.52. The lowest BCUT2D eigenvalue weighted by atomic mass is 10.0. The number of nitrogens with one attached hydrogen (secondary N) is 1. The first-order valence-electron chi connectivity index (χ1n) is 7.51. The Kier molecular flexibility index (Phi) is 5.14. The van der Waals surface area contributed by atoms with Crippen LogP contribution in [0.1, 0.15) is 51.6 Å². The topological polar surface area (TPSA) is 41.0 Å². The van der Waals surface area contributed by atoms with Crippen molar-refractivity contribution in [2.75, 3.05) is 24.5 Å². The first-order valence-corrected chi connectivity index (χ1v) is 7.51. The van der Waals surface area contributed by atoms with Crippen LogP contribution in [0.15, 0.2) is 12.4 Å². The van der Waals surface area contributed by atoms with Crippen LogP contribution in [0.5, 0.6) is 0 Å². The highest BCUT2D eigenvalue weighted by Gasteiger charge is 2.17. The average Bonchev–Trinajstić information content (AvgIpc) is 2.46. The summed E-state index contributed by atoms with van der Waals surface area (Å²) < 4.78 is 0. The summed E-state index contributed by atoms with van der Waals surface area (Å²) in [6.07, 6.45) is 5.63. The third-order valence-electron chi connectivity index (χ3n) is 3.82. The predicted molar refractivity (Wildman–Crippen MR) is 79.6 cm³/mol. The molecule has 106 valence electrons. The molecule has 1 aliphatic rings. The summed E-state index contributed by atoms with van der Waals surface area (Å²) in [6, 6.07) is 2.74. The number of rotatable bonds is 5. The maximum absolute atomic E-state index is 4.45. The van der Waals surface area contributed by atoms with Gasteiger partial charge in [-0.15, -0.1) is 0 Å². The minimum absolute atomic E-state index is 0.452. The zero-order valence-corrected chi connectivity index (χ0v) is 12.4. The quantitative estimate of drug-likeness (QED) is 0.885. The molecule has 0 aliphatic carbocycles. The fraction of sp³-hybridized carbons (Fsp3) is 0.733. The fourth-order valence-electron chi connectivity index (χ4n) is 2.58. The van der Waals surface area contributed by atoms with E-state index in [2.05, 4.69) is 47.0 Å². The van der Waals surface area contributed by atoms with E-state index in [-0.39, 0.29) is 0 Å². The number of hydrogen-bond donors (Lipinski definition) is 1. The zero-order chi connectivity index (χ0) is 13.7. The van der Waals surface area contributed by atoms with Gasteiger partial charge in [-0.2, -0.15) is 0 Å². The molecule has 0 bridgehead atoms. The molecule has 1 aromatic rings. The van der Waals surface area contributed by atoms with E-state index in [9.17, 15) is 0 Å². The number of piperidine rings is 1. The predicted octanol–water partition coefficient (Wildman–Crippen LogP) is 2.57. The Labute approximate surface area is 116 Å². The van der Waals surface area contributed by atoms with Crippen LogP contribution in [0.3, 0.4) is 0 Å². The number of aromatic nitrogens is 2. The molecule has 1 aliphatic heterocycles. The summed E-state index contributed by atoms with van der Waals surface area (Å²) in [7, 11) is 0. The van der Waals surface area contributed by atoms with Crippen LogP contribution < -0.4 is 10.2 Å². The molecule has 1 atom stereocenters. The van der Waals surface area contributed by atoms with Crippen LogP contribution in [0.4, 0.5) is 5.82 Å². The van der Waals surface area contributed by atoms with Gasteiger partial charge in [0.1, 0.15) is 12.1 Å². The SMILES string of the molecule is CCN(CC1CCCCN1)c1cc(C(C)C)ncn1. The molecular formula is C15H26N4. The van der Waals surface area contributed by atoms with Gasteiger partial charge in [-0.05, 0) is 32.2 Å². The molecule has 1 saturated heterocycles. The van der Waals surface area contributed by atoms with Crippen molar-refractivity contribution in [3.63, 3.8) is 0 Å². The molecule has 0 aromatic carbocycles. The van der Waals surface area contributed by atoms with Crippen LogP contribution in [0.25, 0.3) is 0 Å². The van der Waals surface area contributed by atoms with Gasteiger partial charge in [0.15, 0.2) is 0 Å². The summed E-state index contributed by atoms with van der Waals surface area (Å²) in [5, 5.41) is 3.61. The summed E-state index contributed by atoms with van der Waals surface area (Å²) in [5.41, 5.74) is 1.13. The lowest BCUT2D eigenvalue weighted by Gasteiger charge is -2.30. The van der Waals surface area contributed by atoms with Gasteiger partial charge in [-0.25, -0.2) is 9.97 Å². The van der Waals surface area contributed by atoms with E-state index in [4.69, 9.17) is 0 Å². The third-order valence-corrected chi connectivity index (χ3v) is 3.82. The lowest BCUT2D eigenvalue weighted by molar-refractivity contribution is 0.399. The Bertz CT molecular complexity index is 385. The monoisotopic (exact) mass is 262 g/mol. The maximum atomic E-state index is 4.45. The molecule has 2 heterocycles. The molecular weight excluding hydrogens is 236 g/mol. The van der Waals surface area contributed by atoms with Gasteiger partial charge < -0.3 is 10.2 Å². The largest absolute Gasteiger partial charge is 0.355 e. The van der Waals surface area contributed by atoms with Crippen LogP contribution in [0, 0.1) is 0 Å². The van der Waals surface area contributed by atoms with E-state index in [1.54, 1.807) is 6.33 Å². The lowest BCUT2D eigenvalue weighted by Crippen LogP contribution is -2.44. The van der Waals surface area contributed by atoms with E-state index in [0.29, 0.717) is 12.0 Å². The van der Waals surface area contributed by atoms with Crippen molar-refractivity contribution in [1.82, 2.24) is 15.3 Å². The van der Waals surface area contributed by atoms with Crippen LogP contribution in [-0.4, -0.2) is 35.6 Å². The van der Waals surface area contributed by atoms with Crippen LogP contribution in [-0.2, 0) is 0 Å². The van der Waals surface area contributed by atoms with E-state index in [1.807, 2.05) is 0 Å². The summed E-state index contributed by atoms with van der Waals surface area (Å²) in [4.78, 5) is 11.2. The molecule has 1 aromatic heterocycles. The molecule has 1 N–H and O–H groups in total. The van der Waals surface area contributed by atoms with Crippen molar-refractivity contribution in [2.24, 2.45) is 0 Å².